The van der Waals surface area contributed by atoms with Crippen molar-refractivity contribution in [3.05, 3.63) is 87.4 Å². The Hall–Kier alpha value is -6.86. The summed E-state index contributed by atoms with van der Waals surface area (Å²) in [4.78, 5) is 127. The molecule has 22 nitrogen and oxygen atoms in total. The zero-order chi connectivity index (χ0) is 60.1. The van der Waals surface area contributed by atoms with Crippen molar-refractivity contribution in [2.24, 2.45) is 5.73 Å². The largest absolute Gasteiger partial charge is 0.490 e. The fourth-order valence-corrected chi connectivity index (χ4v) is 11.0. The first-order chi connectivity index (χ1) is 39.5. The third-order valence-corrected chi connectivity index (χ3v) is 15.4. The van der Waals surface area contributed by atoms with Crippen LogP contribution in [0.2, 0.25) is 0 Å². The molecule has 9 N–H and O–H groups in total. The van der Waals surface area contributed by atoms with Crippen LogP contribution < -0.4 is 36.5 Å². The van der Waals surface area contributed by atoms with Gasteiger partial charge in [-0.05, 0) is 108 Å². The number of imide groups is 1. The third-order valence-electron chi connectivity index (χ3n) is 13.6. The van der Waals surface area contributed by atoms with E-state index in [1.54, 1.807) is 30.1 Å². The molecule has 1 saturated heterocycles. The Labute approximate surface area is 489 Å². The molecule has 0 spiro atoms. The molecule has 2 aliphatic heterocycles. The molecule has 1 aliphatic carbocycles. The summed E-state index contributed by atoms with van der Waals surface area (Å²) in [5.74, 6) is -1.98. The topological polar surface area (TPSA) is 312 Å². The highest BCUT2D eigenvalue weighted by Crippen LogP contribution is 2.40. The number of carbonyl (C=O) groups is 10. The van der Waals surface area contributed by atoms with Gasteiger partial charge in [0.2, 0.25) is 11.8 Å². The molecule has 2 fully saturated rings. The SMILES string of the molecule is CNC.CNCCNC(=O)c1cc(/C(=C\N(C)C)c2cc(NSC)c(C(=O)NCCCCCCc3cccc4c3CN(C(C=O)CCC=O)C4=O)cc2OC2CCCCC2)c(C=O)[nH]1.NC(CSC1CC(=O)N(CCC=O)C1=O)C(=O)O. The van der Waals surface area contributed by atoms with Crippen LogP contribution in [0.4, 0.5) is 5.69 Å². The number of aromatic amines is 1. The summed E-state index contributed by atoms with van der Waals surface area (Å²) in [5, 5.41) is 19.8. The summed E-state index contributed by atoms with van der Waals surface area (Å²) in [6, 6.07) is 9.44. The number of nitrogens with two attached hydrogens (primary N) is 1. The number of aromatic nitrogens is 1. The maximum atomic E-state index is 14.0. The van der Waals surface area contributed by atoms with E-state index in [2.05, 4.69) is 31.0 Å². The van der Waals surface area contributed by atoms with Crippen molar-refractivity contribution in [1.29, 1.82) is 0 Å². The predicted octanol–water partition coefficient (Wildman–Crippen LogP) is 4.85. The molecule has 1 aromatic heterocycles. The Morgan fingerprint density at radius 3 is 2.24 bits per heavy atom. The molecule has 5 amide bonds. The van der Waals surface area contributed by atoms with Gasteiger partial charge in [-0.15, -0.1) is 11.8 Å². The lowest BCUT2D eigenvalue weighted by molar-refractivity contribution is -0.139. The smallest absolute Gasteiger partial charge is 0.321 e. The minimum absolute atomic E-state index is 0.0355. The number of aliphatic carboxylic acids is 1. The van der Waals surface area contributed by atoms with Gasteiger partial charge in [0.25, 0.3) is 17.7 Å². The third kappa shape index (κ3) is 19.9. The van der Waals surface area contributed by atoms with Crippen LogP contribution in [-0.2, 0) is 41.7 Å². The van der Waals surface area contributed by atoms with E-state index >= 15 is 0 Å². The van der Waals surface area contributed by atoms with Crippen LogP contribution in [0.25, 0.3) is 5.57 Å². The van der Waals surface area contributed by atoms with Crippen LogP contribution in [0.15, 0.2) is 42.6 Å². The monoisotopic (exact) mass is 1170 g/mol. The molecule has 6 rings (SSSR count). The Bertz CT molecular complexity index is 2690. The standard InChI is InChI=1S/C46H61N7O7S.C10H14N2O5S.C2H7N/c1-47-21-22-49-45(58)41-24-35(42(30-56)50-41)39(27-52(2)3)36-25-40(51-61-4)37(26-43(36)60-33-17-9-7-10-18-33)44(57)48-20-11-6-5-8-14-31-15-12-19-34-38(31)28-53(46(34)59)32(29-55)16-13-23-54;11-6(10(16)17)5-18-7-4-8(14)12(9(7)15)2-1-3-13;1-3-2/h12,15,19,23-27,29-30,32-33,47,50-51H,5-11,13-14,16-18,20-22,28H2,1-4H3,(H,48,57)(H,49,58);3,6-7H,1-2,4-5,11H2,(H,16,17);3H,1-2H3/b39-27+;;. The van der Waals surface area contributed by atoms with Gasteiger partial charge in [0.05, 0.1) is 34.3 Å². The van der Waals surface area contributed by atoms with E-state index in [0.29, 0.717) is 84.4 Å². The molecule has 3 aliphatic rings. The second kappa shape index (κ2) is 35.9. The van der Waals surface area contributed by atoms with Crippen LogP contribution >= 0.6 is 23.7 Å². The van der Waals surface area contributed by atoms with E-state index in [1.165, 1.54) is 11.9 Å². The first-order valence-corrected chi connectivity index (χ1v) is 30.0. The Kier molecular flexibility index (Phi) is 29.6. The van der Waals surface area contributed by atoms with Gasteiger partial charge in [-0.2, -0.15) is 0 Å². The number of fused-ring (bicyclic) bond motifs is 1. The molecular weight excluding hydrogens is 1090 g/mol. The molecule has 24 heteroatoms. The number of likely N-dealkylation sites (tertiary alicyclic amines) is 1. The zero-order valence-electron chi connectivity index (χ0n) is 48.0. The summed E-state index contributed by atoms with van der Waals surface area (Å²) in [6.07, 6.45) is 16.7. The molecular formula is C58H82N10O12S2. The summed E-state index contributed by atoms with van der Waals surface area (Å²) < 4.78 is 10.1. The second-order valence-corrected chi connectivity index (χ2v) is 22.0. The number of rotatable bonds is 32. The number of hydrogen-bond acceptors (Lipinski definition) is 18. The lowest BCUT2D eigenvalue weighted by Gasteiger charge is -2.26. The number of carboxylic acids is 1. The number of anilines is 1. The van der Waals surface area contributed by atoms with Crippen molar-refractivity contribution in [1.82, 2.24) is 41.0 Å². The van der Waals surface area contributed by atoms with Gasteiger partial charge in [0.1, 0.15) is 36.3 Å². The summed E-state index contributed by atoms with van der Waals surface area (Å²) in [5.41, 5.74) is 11.4. The molecule has 0 radical (unpaired) electrons. The molecule has 82 heavy (non-hydrogen) atoms. The number of benzene rings is 2. The fraction of sp³-hybridized carbons (Fsp3) is 0.517. The molecule has 1 saturated carbocycles. The number of ether oxygens (including phenoxy) is 1. The quantitative estimate of drug-likeness (QED) is 0.0179. The van der Waals surface area contributed by atoms with Gasteiger partial charge in [0, 0.05) is 107 Å². The van der Waals surface area contributed by atoms with Crippen LogP contribution in [0.1, 0.15) is 147 Å². The number of likely N-dealkylation sites (N-methyl/N-ethyl adjacent to an activating group) is 1. The van der Waals surface area contributed by atoms with Crippen LogP contribution in [0.5, 0.6) is 5.75 Å². The summed E-state index contributed by atoms with van der Waals surface area (Å²) in [6.45, 7) is 1.95. The van der Waals surface area contributed by atoms with Crippen molar-refractivity contribution in [2.45, 2.75) is 120 Å². The number of aldehydes is 4. The summed E-state index contributed by atoms with van der Waals surface area (Å²) in [7, 11) is 9.33. The van der Waals surface area contributed by atoms with Gasteiger partial charge in [-0.1, -0.05) is 43.3 Å². The molecule has 3 heterocycles. The lowest BCUT2D eigenvalue weighted by atomic mass is 9.94. The van der Waals surface area contributed by atoms with Crippen LogP contribution in [-0.4, -0.2) is 182 Å². The number of aryl methyl sites for hydroxylation is 1. The maximum absolute atomic E-state index is 14.0. The van der Waals surface area contributed by atoms with E-state index in [-0.39, 0.29) is 78.6 Å². The number of H-pyrrole nitrogens is 1. The van der Waals surface area contributed by atoms with Crippen molar-refractivity contribution in [3.63, 3.8) is 0 Å². The first-order valence-electron chi connectivity index (χ1n) is 27.7. The Balaban J connectivity index is 0.000000578. The van der Waals surface area contributed by atoms with E-state index in [9.17, 15) is 47.9 Å². The maximum Gasteiger partial charge on any atom is 0.321 e. The number of carboxylic acid groups (broad SMARTS) is 1. The number of amides is 5. The highest BCUT2D eigenvalue weighted by Gasteiger charge is 2.39. The minimum atomic E-state index is -1.14. The predicted molar refractivity (Wildman–Crippen MR) is 319 cm³/mol. The molecule has 0 bridgehead atoms. The number of hydrogen-bond donors (Lipinski definition) is 8. The molecule has 3 unspecified atom stereocenters. The highest BCUT2D eigenvalue weighted by molar-refractivity contribution is 8.00. The molecule has 2 aromatic carbocycles. The van der Waals surface area contributed by atoms with Crippen molar-refractivity contribution in [2.75, 3.05) is 78.1 Å². The molecule has 3 atom stereocenters. The normalized spacial score (nSPS) is 15.7. The van der Waals surface area contributed by atoms with E-state index < -0.39 is 23.3 Å². The average Bonchev–Trinajstić information content (AvgIpc) is 4.18. The van der Waals surface area contributed by atoms with Gasteiger partial charge >= 0.3 is 5.97 Å². The fourth-order valence-electron chi connectivity index (χ4n) is 9.52. The van der Waals surface area contributed by atoms with Gasteiger partial charge in [0.15, 0.2) is 6.29 Å². The van der Waals surface area contributed by atoms with Crippen molar-refractivity contribution < 1.29 is 57.8 Å². The van der Waals surface area contributed by atoms with E-state index in [0.717, 1.165) is 105 Å². The highest BCUT2D eigenvalue weighted by atomic mass is 32.2. The molecule has 3 aromatic rings. The van der Waals surface area contributed by atoms with E-state index in [1.807, 2.05) is 63.7 Å². The Morgan fingerprint density at radius 1 is 0.890 bits per heavy atom. The van der Waals surface area contributed by atoms with Crippen LogP contribution in [0.3, 0.4) is 0 Å². The van der Waals surface area contributed by atoms with Gasteiger partial charge in [-0.25, -0.2) is 0 Å². The van der Waals surface area contributed by atoms with Gasteiger partial charge < -0.3 is 70.7 Å². The van der Waals surface area contributed by atoms with Gasteiger partial charge in [-0.3, -0.25) is 38.5 Å². The Morgan fingerprint density at radius 2 is 1.60 bits per heavy atom. The summed E-state index contributed by atoms with van der Waals surface area (Å²) >= 11 is 2.42. The molecule has 448 valence electrons. The first kappa shape index (κ1) is 67.6. The average molecular weight is 1180 g/mol. The minimum Gasteiger partial charge on any atom is -0.490 e. The zero-order valence-corrected chi connectivity index (χ0v) is 49.6. The van der Waals surface area contributed by atoms with Crippen LogP contribution in [0, 0.1) is 0 Å². The number of thioether (sulfide) groups is 1. The van der Waals surface area contributed by atoms with E-state index in [4.69, 9.17) is 15.6 Å². The number of nitrogens with zero attached hydrogens (tertiary/aromatic N) is 3. The number of carbonyl (C=O) groups excluding carboxylic acids is 9. The van der Waals surface area contributed by atoms with Crippen molar-refractivity contribution >= 4 is 95.6 Å². The lowest BCUT2D eigenvalue weighted by Crippen LogP contribution is -2.36. The number of nitrogens with one attached hydrogen (secondary N) is 6. The second-order valence-electron chi connectivity index (χ2n) is 20.1. The van der Waals surface area contributed by atoms with Crippen molar-refractivity contribution in [3.8, 4) is 5.75 Å². The number of unbranched alkanes of at least 4 members (excludes halogenated alkanes) is 3.